The van der Waals surface area contributed by atoms with Gasteiger partial charge in [-0.3, -0.25) is 9.59 Å². The molecular formula is C59H111NO5. The average Bonchev–Trinajstić information content (AvgIpc) is 3.31. The minimum atomic E-state index is -0.669. The molecule has 2 atom stereocenters. The van der Waals surface area contributed by atoms with Gasteiger partial charge in [-0.15, -0.1) is 0 Å². The Labute approximate surface area is 404 Å². The molecule has 0 heterocycles. The van der Waals surface area contributed by atoms with Crippen LogP contribution in [-0.4, -0.2) is 47.4 Å². The molecule has 0 aliphatic rings. The molecule has 65 heavy (non-hydrogen) atoms. The zero-order chi connectivity index (χ0) is 47.2. The van der Waals surface area contributed by atoms with E-state index in [0.717, 1.165) is 51.4 Å². The highest BCUT2D eigenvalue weighted by Crippen LogP contribution is 2.16. The number of esters is 1. The molecule has 0 spiro atoms. The molecular weight excluding hydrogens is 803 g/mol. The molecule has 0 fully saturated rings. The molecule has 0 radical (unpaired) electrons. The lowest BCUT2D eigenvalue weighted by Gasteiger charge is -2.22. The van der Waals surface area contributed by atoms with Crippen molar-refractivity contribution >= 4 is 11.9 Å². The standard InChI is InChI=1S/C59H111NO5/c1-3-5-7-9-11-13-15-17-24-29-33-37-41-45-49-53-59(64)65-54-50-46-42-38-34-30-26-23-21-19-18-20-22-25-28-32-36-40-44-48-52-58(63)60-56(55-61)57(62)51-47-43-39-35-31-27-16-14-12-10-8-6-4-2/h11,13,17-18,20,24,56-57,61-62H,3-10,12,14-16,19,21-23,25-55H2,1-2H3,(H,60,63)/b13-11-,20-18-,24-17-. The van der Waals surface area contributed by atoms with Gasteiger partial charge in [-0.1, -0.05) is 243 Å². The largest absolute Gasteiger partial charge is 0.466 e. The van der Waals surface area contributed by atoms with Crippen molar-refractivity contribution in [2.45, 2.75) is 315 Å². The van der Waals surface area contributed by atoms with Gasteiger partial charge in [0.2, 0.25) is 5.91 Å². The third-order valence-corrected chi connectivity index (χ3v) is 13.2. The molecule has 6 heteroatoms. The van der Waals surface area contributed by atoms with E-state index in [0.29, 0.717) is 25.9 Å². The van der Waals surface area contributed by atoms with Gasteiger partial charge < -0.3 is 20.3 Å². The van der Waals surface area contributed by atoms with E-state index in [2.05, 4.69) is 55.6 Å². The molecule has 0 bridgehead atoms. The summed E-state index contributed by atoms with van der Waals surface area (Å²) >= 11 is 0. The first-order valence-corrected chi connectivity index (χ1v) is 28.7. The molecule has 3 N–H and O–H groups in total. The highest BCUT2D eigenvalue weighted by molar-refractivity contribution is 5.76. The predicted octanol–water partition coefficient (Wildman–Crippen LogP) is 17.6. The second-order valence-corrected chi connectivity index (χ2v) is 19.6. The van der Waals surface area contributed by atoms with E-state index in [9.17, 15) is 19.8 Å². The summed E-state index contributed by atoms with van der Waals surface area (Å²) in [5, 5.41) is 23.2. The number of aliphatic hydroxyl groups excluding tert-OH is 2. The van der Waals surface area contributed by atoms with Crippen LogP contribution >= 0.6 is 0 Å². The molecule has 0 aromatic carbocycles. The summed E-state index contributed by atoms with van der Waals surface area (Å²) in [5.74, 6) is -0.0520. The Kier molecular flexibility index (Phi) is 53.1. The number of unbranched alkanes of at least 4 members (excludes halogenated alkanes) is 36. The molecule has 0 aliphatic carbocycles. The number of nitrogens with one attached hydrogen (secondary N) is 1. The van der Waals surface area contributed by atoms with Crippen LogP contribution in [0.3, 0.4) is 0 Å². The number of amides is 1. The van der Waals surface area contributed by atoms with Crippen LogP contribution in [0.4, 0.5) is 0 Å². The van der Waals surface area contributed by atoms with Crippen LogP contribution in [0.1, 0.15) is 303 Å². The SMILES string of the molecule is CCCCC/C=C\C/C=C\CCCCCCCC(=O)OCCCCCCCCCCC/C=C\CCCCCCCCCC(=O)NC(CO)C(O)CCCCCCCCCCCCCCC. The van der Waals surface area contributed by atoms with Crippen LogP contribution in [0, 0.1) is 0 Å². The lowest BCUT2D eigenvalue weighted by atomic mass is 10.0. The van der Waals surface area contributed by atoms with E-state index in [-0.39, 0.29) is 18.5 Å². The van der Waals surface area contributed by atoms with Crippen LogP contribution in [0.15, 0.2) is 36.5 Å². The first-order chi connectivity index (χ1) is 32.0. The fraction of sp³-hybridized carbons (Fsp3) is 0.864. The average molecular weight is 915 g/mol. The molecule has 0 saturated carbocycles. The predicted molar refractivity (Wildman–Crippen MR) is 283 cm³/mol. The van der Waals surface area contributed by atoms with Crippen LogP contribution in [0.25, 0.3) is 0 Å². The van der Waals surface area contributed by atoms with E-state index in [1.54, 1.807) is 0 Å². The van der Waals surface area contributed by atoms with Gasteiger partial charge in [0, 0.05) is 12.8 Å². The molecule has 0 rings (SSSR count). The highest BCUT2D eigenvalue weighted by Gasteiger charge is 2.20. The fourth-order valence-corrected chi connectivity index (χ4v) is 8.72. The van der Waals surface area contributed by atoms with Gasteiger partial charge in [-0.05, 0) is 83.5 Å². The maximum absolute atomic E-state index is 12.5. The quantitative estimate of drug-likeness (QED) is 0.0321. The maximum atomic E-state index is 12.5. The Morgan fingerprint density at radius 1 is 0.431 bits per heavy atom. The Hall–Kier alpha value is -1.92. The molecule has 0 aliphatic heterocycles. The van der Waals surface area contributed by atoms with Crippen LogP contribution in [0.5, 0.6) is 0 Å². The molecule has 382 valence electrons. The summed E-state index contributed by atoms with van der Waals surface area (Å²) in [6.45, 7) is 4.91. The van der Waals surface area contributed by atoms with Crippen molar-refractivity contribution in [1.82, 2.24) is 5.32 Å². The first kappa shape index (κ1) is 63.1. The minimum Gasteiger partial charge on any atom is -0.466 e. The van der Waals surface area contributed by atoms with E-state index >= 15 is 0 Å². The topological polar surface area (TPSA) is 95.9 Å². The smallest absolute Gasteiger partial charge is 0.305 e. The number of rotatable bonds is 53. The summed E-state index contributed by atoms with van der Waals surface area (Å²) < 4.78 is 5.47. The van der Waals surface area contributed by atoms with Gasteiger partial charge in [0.05, 0.1) is 25.4 Å². The van der Waals surface area contributed by atoms with Gasteiger partial charge in [-0.2, -0.15) is 0 Å². The molecule has 2 unspecified atom stereocenters. The third kappa shape index (κ3) is 51.3. The van der Waals surface area contributed by atoms with Crippen molar-refractivity contribution in [3.8, 4) is 0 Å². The zero-order valence-electron chi connectivity index (χ0n) is 43.5. The van der Waals surface area contributed by atoms with Gasteiger partial charge in [-0.25, -0.2) is 0 Å². The second-order valence-electron chi connectivity index (χ2n) is 19.6. The Bertz CT molecular complexity index is 1060. The Morgan fingerprint density at radius 3 is 1.22 bits per heavy atom. The maximum Gasteiger partial charge on any atom is 0.305 e. The van der Waals surface area contributed by atoms with E-state index in [4.69, 9.17) is 4.74 Å². The molecule has 1 amide bonds. The number of allylic oxidation sites excluding steroid dienone is 6. The van der Waals surface area contributed by atoms with Crippen molar-refractivity contribution in [2.24, 2.45) is 0 Å². The fourth-order valence-electron chi connectivity index (χ4n) is 8.72. The number of aliphatic hydroxyl groups is 2. The van der Waals surface area contributed by atoms with E-state index in [1.807, 2.05) is 0 Å². The molecule has 6 nitrogen and oxygen atoms in total. The Morgan fingerprint density at radius 2 is 0.769 bits per heavy atom. The number of ether oxygens (including phenoxy) is 1. The van der Waals surface area contributed by atoms with Crippen molar-refractivity contribution in [2.75, 3.05) is 13.2 Å². The van der Waals surface area contributed by atoms with Crippen LogP contribution in [0.2, 0.25) is 0 Å². The van der Waals surface area contributed by atoms with Crippen molar-refractivity contribution in [3.63, 3.8) is 0 Å². The van der Waals surface area contributed by atoms with Crippen LogP contribution < -0.4 is 5.32 Å². The zero-order valence-corrected chi connectivity index (χ0v) is 43.5. The summed E-state index contributed by atoms with van der Waals surface area (Å²) in [6.07, 6.45) is 67.0. The number of hydrogen-bond acceptors (Lipinski definition) is 5. The Balaban J connectivity index is 3.43. The van der Waals surface area contributed by atoms with Crippen LogP contribution in [-0.2, 0) is 14.3 Å². The summed E-state index contributed by atoms with van der Waals surface area (Å²) in [7, 11) is 0. The number of hydrogen-bond donors (Lipinski definition) is 3. The number of carbonyl (C=O) groups is 2. The lowest BCUT2D eigenvalue weighted by Crippen LogP contribution is -2.45. The monoisotopic (exact) mass is 914 g/mol. The highest BCUT2D eigenvalue weighted by atomic mass is 16.5. The van der Waals surface area contributed by atoms with Crippen molar-refractivity contribution in [1.29, 1.82) is 0 Å². The first-order valence-electron chi connectivity index (χ1n) is 28.7. The molecule has 0 saturated heterocycles. The lowest BCUT2D eigenvalue weighted by molar-refractivity contribution is -0.143. The minimum absolute atomic E-state index is 0.00800. The van der Waals surface area contributed by atoms with Gasteiger partial charge in [0.1, 0.15) is 0 Å². The summed E-state index contributed by atoms with van der Waals surface area (Å²) in [6, 6.07) is -0.547. The summed E-state index contributed by atoms with van der Waals surface area (Å²) in [5.41, 5.74) is 0. The van der Waals surface area contributed by atoms with Gasteiger partial charge in [0.25, 0.3) is 0 Å². The normalized spacial score (nSPS) is 12.9. The summed E-state index contributed by atoms with van der Waals surface area (Å²) in [4.78, 5) is 24.5. The molecule has 0 aromatic rings. The van der Waals surface area contributed by atoms with E-state index in [1.165, 1.54) is 218 Å². The van der Waals surface area contributed by atoms with Gasteiger partial charge in [0.15, 0.2) is 0 Å². The number of carbonyl (C=O) groups excluding carboxylic acids is 2. The van der Waals surface area contributed by atoms with Gasteiger partial charge >= 0.3 is 5.97 Å². The van der Waals surface area contributed by atoms with Crippen molar-refractivity contribution in [3.05, 3.63) is 36.5 Å². The van der Waals surface area contributed by atoms with E-state index < -0.39 is 12.1 Å². The van der Waals surface area contributed by atoms with Crippen molar-refractivity contribution < 1.29 is 24.5 Å². The second kappa shape index (κ2) is 54.7. The third-order valence-electron chi connectivity index (χ3n) is 13.2. The molecule has 0 aromatic heterocycles.